The zero-order valence-corrected chi connectivity index (χ0v) is 11.0. The lowest BCUT2D eigenvalue weighted by atomic mass is 10.1. The largest absolute Gasteiger partial charge is 0.394 e. The Labute approximate surface area is 111 Å². The van der Waals surface area contributed by atoms with Crippen LogP contribution in [0.2, 0.25) is 0 Å². The van der Waals surface area contributed by atoms with Gasteiger partial charge in [0.1, 0.15) is 0 Å². The summed E-state index contributed by atoms with van der Waals surface area (Å²) in [6, 6.07) is 14.4. The molecule has 0 radical (unpaired) electrons. The van der Waals surface area contributed by atoms with Gasteiger partial charge in [0.25, 0.3) is 0 Å². The SMILES string of the molecule is Cc1nn(C)c(Nc2cccc3ccccc23)c1N. The predicted molar refractivity (Wildman–Crippen MR) is 79.6 cm³/mol. The molecule has 96 valence electrons. The second-order valence-electron chi connectivity index (χ2n) is 4.62. The third kappa shape index (κ3) is 1.91. The lowest BCUT2D eigenvalue weighted by Crippen LogP contribution is -2.01. The zero-order valence-electron chi connectivity index (χ0n) is 11.0. The second-order valence-corrected chi connectivity index (χ2v) is 4.62. The van der Waals surface area contributed by atoms with Crippen LogP contribution >= 0.6 is 0 Å². The number of anilines is 3. The summed E-state index contributed by atoms with van der Waals surface area (Å²) in [6.45, 7) is 1.91. The topological polar surface area (TPSA) is 55.9 Å². The predicted octanol–water partition coefficient (Wildman–Crippen LogP) is 3.21. The summed E-state index contributed by atoms with van der Waals surface area (Å²) in [7, 11) is 1.89. The Morgan fingerprint density at radius 1 is 1.11 bits per heavy atom. The minimum absolute atomic E-state index is 0.690. The number of aromatic nitrogens is 2. The van der Waals surface area contributed by atoms with Crippen molar-refractivity contribution >= 4 is 28.0 Å². The monoisotopic (exact) mass is 252 g/mol. The third-order valence-corrected chi connectivity index (χ3v) is 3.31. The summed E-state index contributed by atoms with van der Waals surface area (Å²) in [5.41, 5.74) is 8.61. The van der Waals surface area contributed by atoms with Gasteiger partial charge in [-0.15, -0.1) is 0 Å². The molecule has 0 saturated carbocycles. The van der Waals surface area contributed by atoms with Crippen LogP contribution in [0.3, 0.4) is 0 Å². The van der Waals surface area contributed by atoms with Gasteiger partial charge >= 0.3 is 0 Å². The van der Waals surface area contributed by atoms with Crippen molar-refractivity contribution in [3.05, 3.63) is 48.2 Å². The van der Waals surface area contributed by atoms with Crippen molar-refractivity contribution in [2.24, 2.45) is 7.05 Å². The first-order chi connectivity index (χ1) is 9.16. The lowest BCUT2D eigenvalue weighted by molar-refractivity contribution is 0.765. The fourth-order valence-corrected chi connectivity index (χ4v) is 2.28. The molecule has 19 heavy (non-hydrogen) atoms. The number of rotatable bonds is 2. The number of nitrogens with one attached hydrogen (secondary N) is 1. The van der Waals surface area contributed by atoms with Gasteiger partial charge in [0.15, 0.2) is 5.82 Å². The van der Waals surface area contributed by atoms with Crippen molar-refractivity contribution in [2.75, 3.05) is 11.1 Å². The van der Waals surface area contributed by atoms with Gasteiger partial charge in [-0.25, -0.2) is 0 Å². The molecule has 0 bridgehead atoms. The molecule has 0 aliphatic heterocycles. The molecule has 4 heteroatoms. The molecular weight excluding hydrogens is 236 g/mol. The van der Waals surface area contributed by atoms with Crippen molar-refractivity contribution < 1.29 is 0 Å². The van der Waals surface area contributed by atoms with Gasteiger partial charge in [-0.3, -0.25) is 4.68 Å². The molecule has 3 rings (SSSR count). The summed E-state index contributed by atoms with van der Waals surface area (Å²) in [5, 5.41) is 10.1. The molecule has 0 unspecified atom stereocenters. The number of hydrogen-bond donors (Lipinski definition) is 2. The van der Waals surface area contributed by atoms with Crippen LogP contribution in [-0.2, 0) is 7.05 Å². The molecule has 3 aromatic rings. The first-order valence-electron chi connectivity index (χ1n) is 6.20. The molecule has 1 aromatic heterocycles. The van der Waals surface area contributed by atoms with Crippen LogP contribution in [0, 0.1) is 6.92 Å². The summed E-state index contributed by atoms with van der Waals surface area (Å²) >= 11 is 0. The Hall–Kier alpha value is -2.49. The van der Waals surface area contributed by atoms with Crippen molar-refractivity contribution in [3.8, 4) is 0 Å². The maximum absolute atomic E-state index is 6.05. The van der Waals surface area contributed by atoms with Crippen molar-refractivity contribution in [1.29, 1.82) is 0 Å². The van der Waals surface area contributed by atoms with E-state index in [0.29, 0.717) is 5.69 Å². The van der Waals surface area contributed by atoms with Crippen molar-refractivity contribution in [2.45, 2.75) is 6.92 Å². The van der Waals surface area contributed by atoms with Gasteiger partial charge in [0.05, 0.1) is 11.4 Å². The highest BCUT2D eigenvalue weighted by Crippen LogP contribution is 2.29. The van der Waals surface area contributed by atoms with Gasteiger partial charge in [-0.05, 0) is 18.4 Å². The summed E-state index contributed by atoms with van der Waals surface area (Å²) in [5.74, 6) is 0.828. The fraction of sp³-hybridized carbons (Fsp3) is 0.133. The number of fused-ring (bicyclic) bond motifs is 1. The Bertz CT molecular complexity index is 738. The van der Waals surface area contributed by atoms with E-state index in [9.17, 15) is 0 Å². The van der Waals surface area contributed by atoms with E-state index in [0.717, 1.165) is 17.2 Å². The second kappa shape index (κ2) is 4.31. The first kappa shape index (κ1) is 11.6. The molecule has 0 spiro atoms. The van der Waals surface area contributed by atoms with Crippen LogP contribution < -0.4 is 11.1 Å². The number of nitrogens with two attached hydrogens (primary N) is 1. The molecule has 0 atom stereocenters. The highest BCUT2D eigenvalue weighted by Gasteiger charge is 2.11. The maximum Gasteiger partial charge on any atom is 0.152 e. The van der Waals surface area contributed by atoms with E-state index < -0.39 is 0 Å². The molecule has 0 saturated heterocycles. The average molecular weight is 252 g/mol. The highest BCUT2D eigenvalue weighted by atomic mass is 15.3. The normalized spacial score (nSPS) is 10.8. The van der Waals surface area contributed by atoms with E-state index in [1.165, 1.54) is 10.8 Å². The average Bonchev–Trinajstić information content (AvgIpc) is 2.66. The van der Waals surface area contributed by atoms with E-state index in [-0.39, 0.29) is 0 Å². The van der Waals surface area contributed by atoms with E-state index in [4.69, 9.17) is 5.73 Å². The molecule has 0 aliphatic rings. The zero-order chi connectivity index (χ0) is 13.4. The fourth-order valence-electron chi connectivity index (χ4n) is 2.28. The van der Waals surface area contributed by atoms with Crippen LogP contribution in [0.4, 0.5) is 17.2 Å². The highest BCUT2D eigenvalue weighted by molar-refractivity contribution is 5.95. The number of nitrogen functional groups attached to an aromatic ring is 1. The van der Waals surface area contributed by atoms with Crippen LogP contribution in [0.15, 0.2) is 42.5 Å². The molecule has 0 aliphatic carbocycles. The molecular formula is C15H16N4. The summed E-state index contributed by atoms with van der Waals surface area (Å²) in [6.07, 6.45) is 0. The van der Waals surface area contributed by atoms with Crippen LogP contribution in [0.25, 0.3) is 10.8 Å². The third-order valence-electron chi connectivity index (χ3n) is 3.31. The standard InChI is InChI=1S/C15H16N4/c1-10-14(16)15(19(2)18-10)17-13-9-5-7-11-6-3-4-8-12(11)13/h3-9,17H,16H2,1-2H3. The molecule has 0 amide bonds. The summed E-state index contributed by atoms with van der Waals surface area (Å²) in [4.78, 5) is 0. The Balaban J connectivity index is 2.11. The summed E-state index contributed by atoms with van der Waals surface area (Å²) < 4.78 is 1.77. The number of aryl methyl sites for hydroxylation is 2. The number of benzene rings is 2. The van der Waals surface area contributed by atoms with Crippen molar-refractivity contribution in [3.63, 3.8) is 0 Å². The van der Waals surface area contributed by atoms with E-state index in [2.05, 4.69) is 28.6 Å². The smallest absolute Gasteiger partial charge is 0.152 e. The van der Waals surface area contributed by atoms with Gasteiger partial charge in [0.2, 0.25) is 0 Å². The molecule has 2 aromatic carbocycles. The molecule has 1 heterocycles. The van der Waals surface area contributed by atoms with Crippen LogP contribution in [0.5, 0.6) is 0 Å². The Kier molecular flexibility index (Phi) is 2.63. The minimum atomic E-state index is 0.690. The van der Waals surface area contributed by atoms with Crippen molar-refractivity contribution in [1.82, 2.24) is 9.78 Å². The van der Waals surface area contributed by atoms with Gasteiger partial charge in [-0.2, -0.15) is 5.10 Å². The van der Waals surface area contributed by atoms with E-state index in [1.54, 1.807) is 4.68 Å². The minimum Gasteiger partial charge on any atom is -0.394 e. The lowest BCUT2D eigenvalue weighted by Gasteiger charge is -2.10. The van der Waals surface area contributed by atoms with E-state index in [1.807, 2.05) is 38.2 Å². The van der Waals surface area contributed by atoms with Gasteiger partial charge in [0, 0.05) is 18.1 Å². The van der Waals surface area contributed by atoms with Crippen LogP contribution in [0.1, 0.15) is 5.69 Å². The van der Waals surface area contributed by atoms with Crippen LogP contribution in [-0.4, -0.2) is 9.78 Å². The van der Waals surface area contributed by atoms with E-state index >= 15 is 0 Å². The number of hydrogen-bond acceptors (Lipinski definition) is 3. The molecule has 3 N–H and O–H groups in total. The molecule has 0 fully saturated rings. The Morgan fingerprint density at radius 3 is 2.58 bits per heavy atom. The molecule has 4 nitrogen and oxygen atoms in total. The Morgan fingerprint density at radius 2 is 1.84 bits per heavy atom. The quantitative estimate of drug-likeness (QED) is 0.736. The first-order valence-corrected chi connectivity index (χ1v) is 6.20. The van der Waals surface area contributed by atoms with Gasteiger partial charge < -0.3 is 11.1 Å². The van der Waals surface area contributed by atoms with Gasteiger partial charge in [-0.1, -0.05) is 36.4 Å². The number of nitrogens with zero attached hydrogens (tertiary/aromatic N) is 2. The maximum atomic E-state index is 6.05.